The SMILES string of the molecule is CCOc1cc(/C=C/C(=O)c2ccc(OCC(=O)OC)cc2)ccc1OCC(=O)Nc1ccccc1. The third-order valence-electron chi connectivity index (χ3n) is 4.83. The van der Waals surface area contributed by atoms with Crippen LogP contribution in [0.2, 0.25) is 0 Å². The van der Waals surface area contributed by atoms with E-state index in [1.807, 2.05) is 25.1 Å². The van der Waals surface area contributed by atoms with Gasteiger partial charge in [0.15, 0.2) is 30.5 Å². The van der Waals surface area contributed by atoms with Crippen LogP contribution in [0.4, 0.5) is 5.69 Å². The lowest BCUT2D eigenvalue weighted by molar-refractivity contribution is -0.142. The minimum absolute atomic E-state index is 0.179. The molecule has 1 N–H and O–H groups in total. The molecule has 0 spiro atoms. The van der Waals surface area contributed by atoms with E-state index >= 15 is 0 Å². The molecule has 0 bridgehead atoms. The molecule has 8 nitrogen and oxygen atoms in total. The van der Waals surface area contributed by atoms with Crippen molar-refractivity contribution < 1.29 is 33.3 Å². The third kappa shape index (κ3) is 8.02. The first-order valence-corrected chi connectivity index (χ1v) is 11.2. The zero-order valence-corrected chi connectivity index (χ0v) is 20.1. The van der Waals surface area contributed by atoms with Gasteiger partial charge in [0.2, 0.25) is 0 Å². The van der Waals surface area contributed by atoms with Gasteiger partial charge in [0.05, 0.1) is 13.7 Å². The number of hydrogen-bond donors (Lipinski definition) is 1. The first kappa shape index (κ1) is 26.0. The number of carbonyl (C=O) groups excluding carboxylic acids is 3. The Morgan fingerprint density at radius 3 is 2.28 bits per heavy atom. The van der Waals surface area contributed by atoms with Gasteiger partial charge in [0.1, 0.15) is 5.75 Å². The maximum atomic E-state index is 12.5. The summed E-state index contributed by atoms with van der Waals surface area (Å²) in [6.07, 6.45) is 3.11. The first-order valence-electron chi connectivity index (χ1n) is 11.2. The molecule has 3 aromatic rings. The van der Waals surface area contributed by atoms with Crippen molar-refractivity contribution in [3.05, 3.63) is 90.0 Å². The molecule has 0 aliphatic rings. The van der Waals surface area contributed by atoms with Crippen LogP contribution in [0, 0.1) is 0 Å². The summed E-state index contributed by atoms with van der Waals surface area (Å²) in [6, 6.07) is 20.7. The van der Waals surface area contributed by atoms with Gasteiger partial charge in [-0.25, -0.2) is 4.79 Å². The van der Waals surface area contributed by atoms with E-state index in [2.05, 4.69) is 10.1 Å². The quantitative estimate of drug-likeness (QED) is 0.226. The molecule has 36 heavy (non-hydrogen) atoms. The molecular formula is C28H27NO7. The summed E-state index contributed by atoms with van der Waals surface area (Å²) in [5, 5.41) is 2.76. The van der Waals surface area contributed by atoms with Crippen molar-refractivity contribution >= 4 is 29.4 Å². The Morgan fingerprint density at radius 1 is 0.833 bits per heavy atom. The number of para-hydroxylation sites is 1. The van der Waals surface area contributed by atoms with Crippen molar-refractivity contribution in [3.8, 4) is 17.2 Å². The topological polar surface area (TPSA) is 100 Å². The van der Waals surface area contributed by atoms with Gasteiger partial charge in [0.25, 0.3) is 5.91 Å². The molecule has 0 saturated carbocycles. The summed E-state index contributed by atoms with van der Waals surface area (Å²) < 4.78 is 21.1. The zero-order valence-electron chi connectivity index (χ0n) is 20.1. The van der Waals surface area contributed by atoms with E-state index in [0.717, 1.165) is 5.56 Å². The first-order chi connectivity index (χ1) is 17.5. The van der Waals surface area contributed by atoms with Gasteiger partial charge in [-0.2, -0.15) is 0 Å². The minimum Gasteiger partial charge on any atom is -0.490 e. The second-order valence-electron chi connectivity index (χ2n) is 7.43. The average molecular weight is 490 g/mol. The van der Waals surface area contributed by atoms with Gasteiger partial charge < -0.3 is 24.3 Å². The van der Waals surface area contributed by atoms with E-state index in [0.29, 0.717) is 35.1 Å². The fraction of sp³-hybridized carbons (Fsp3) is 0.179. The highest BCUT2D eigenvalue weighted by atomic mass is 16.6. The maximum absolute atomic E-state index is 12.5. The highest BCUT2D eigenvalue weighted by Crippen LogP contribution is 2.29. The molecule has 3 aromatic carbocycles. The Hall–Kier alpha value is -4.59. The largest absolute Gasteiger partial charge is 0.490 e. The summed E-state index contributed by atoms with van der Waals surface area (Å²) in [6.45, 7) is 1.87. The number of amides is 1. The van der Waals surface area contributed by atoms with Gasteiger partial charge >= 0.3 is 5.97 Å². The van der Waals surface area contributed by atoms with Gasteiger partial charge in [-0.1, -0.05) is 30.3 Å². The standard InChI is InChI=1S/C28H27NO7/c1-3-34-26-17-20(10-16-25(26)36-18-27(31)29-22-7-5-4-6-8-22)9-15-24(30)21-11-13-23(14-12-21)35-19-28(32)33-2/h4-17H,3,18-19H2,1-2H3,(H,29,31)/b15-9+. The molecule has 0 fully saturated rings. The van der Waals surface area contributed by atoms with Crippen LogP contribution in [0.3, 0.4) is 0 Å². The Morgan fingerprint density at radius 2 is 1.58 bits per heavy atom. The van der Waals surface area contributed by atoms with Crippen molar-refractivity contribution in [3.63, 3.8) is 0 Å². The molecule has 0 aliphatic heterocycles. The van der Waals surface area contributed by atoms with E-state index in [1.54, 1.807) is 60.7 Å². The smallest absolute Gasteiger partial charge is 0.343 e. The summed E-state index contributed by atoms with van der Waals surface area (Å²) in [4.78, 5) is 35.9. The van der Waals surface area contributed by atoms with Crippen LogP contribution in [0.5, 0.6) is 17.2 Å². The van der Waals surface area contributed by atoms with E-state index in [1.165, 1.54) is 13.2 Å². The number of carbonyl (C=O) groups is 3. The fourth-order valence-electron chi connectivity index (χ4n) is 3.06. The number of nitrogens with one attached hydrogen (secondary N) is 1. The number of rotatable bonds is 12. The second-order valence-corrected chi connectivity index (χ2v) is 7.43. The zero-order chi connectivity index (χ0) is 25.8. The number of ketones is 1. The molecule has 0 heterocycles. The van der Waals surface area contributed by atoms with E-state index in [9.17, 15) is 14.4 Å². The molecule has 8 heteroatoms. The summed E-state index contributed by atoms with van der Waals surface area (Å²) >= 11 is 0. The Labute approximate surface area is 209 Å². The van der Waals surface area contributed by atoms with E-state index < -0.39 is 5.97 Å². The average Bonchev–Trinajstić information content (AvgIpc) is 2.90. The van der Waals surface area contributed by atoms with Crippen LogP contribution >= 0.6 is 0 Å². The molecular weight excluding hydrogens is 462 g/mol. The van der Waals surface area contributed by atoms with Gasteiger partial charge in [0, 0.05) is 11.3 Å². The number of anilines is 1. The lowest BCUT2D eigenvalue weighted by atomic mass is 10.1. The predicted molar refractivity (Wildman–Crippen MR) is 135 cm³/mol. The molecule has 3 rings (SSSR count). The van der Waals surface area contributed by atoms with E-state index in [-0.39, 0.29) is 24.9 Å². The maximum Gasteiger partial charge on any atom is 0.343 e. The van der Waals surface area contributed by atoms with Crippen LogP contribution in [-0.4, -0.2) is 44.6 Å². The molecule has 186 valence electrons. The van der Waals surface area contributed by atoms with Crippen LogP contribution in [-0.2, 0) is 14.3 Å². The fourth-order valence-corrected chi connectivity index (χ4v) is 3.06. The Balaban J connectivity index is 1.60. The monoisotopic (exact) mass is 489 g/mol. The van der Waals surface area contributed by atoms with Gasteiger partial charge in [-0.15, -0.1) is 0 Å². The Kier molecular flexibility index (Phi) is 9.64. The normalized spacial score (nSPS) is 10.5. The highest BCUT2D eigenvalue weighted by molar-refractivity contribution is 6.06. The number of benzene rings is 3. The lowest BCUT2D eigenvalue weighted by Gasteiger charge is -2.12. The lowest BCUT2D eigenvalue weighted by Crippen LogP contribution is -2.20. The second kappa shape index (κ2) is 13.3. The molecule has 0 unspecified atom stereocenters. The van der Waals surface area contributed by atoms with Crippen LogP contribution in [0.15, 0.2) is 78.9 Å². The number of ether oxygens (including phenoxy) is 4. The molecule has 0 aliphatic carbocycles. The molecule has 0 atom stereocenters. The van der Waals surface area contributed by atoms with Crippen molar-refractivity contribution in [2.75, 3.05) is 32.2 Å². The van der Waals surface area contributed by atoms with Crippen LogP contribution in [0.1, 0.15) is 22.8 Å². The number of allylic oxidation sites excluding steroid dienone is 1. The number of methoxy groups -OCH3 is 1. The number of esters is 1. The van der Waals surface area contributed by atoms with Gasteiger partial charge in [-0.05, 0) is 67.1 Å². The summed E-state index contributed by atoms with van der Waals surface area (Å²) in [5.74, 6) is 0.356. The third-order valence-corrected chi connectivity index (χ3v) is 4.83. The number of hydrogen-bond acceptors (Lipinski definition) is 7. The summed E-state index contributed by atoms with van der Waals surface area (Å²) in [7, 11) is 1.28. The molecule has 0 aromatic heterocycles. The molecule has 0 saturated heterocycles. The van der Waals surface area contributed by atoms with Crippen molar-refractivity contribution in [2.45, 2.75) is 6.92 Å². The molecule has 1 amide bonds. The van der Waals surface area contributed by atoms with Crippen molar-refractivity contribution in [1.82, 2.24) is 0 Å². The highest BCUT2D eigenvalue weighted by Gasteiger charge is 2.10. The van der Waals surface area contributed by atoms with Gasteiger partial charge in [-0.3, -0.25) is 9.59 Å². The van der Waals surface area contributed by atoms with Crippen LogP contribution in [0.25, 0.3) is 6.08 Å². The minimum atomic E-state index is -0.489. The van der Waals surface area contributed by atoms with Crippen LogP contribution < -0.4 is 19.5 Å². The summed E-state index contributed by atoms with van der Waals surface area (Å²) in [5.41, 5.74) is 1.88. The van der Waals surface area contributed by atoms with Crippen molar-refractivity contribution in [1.29, 1.82) is 0 Å². The molecule has 0 radical (unpaired) electrons. The van der Waals surface area contributed by atoms with E-state index in [4.69, 9.17) is 14.2 Å². The Bertz CT molecular complexity index is 1200. The predicted octanol–water partition coefficient (Wildman–Crippen LogP) is 4.55. The van der Waals surface area contributed by atoms with Crippen molar-refractivity contribution in [2.24, 2.45) is 0 Å².